The fraction of sp³-hybridized carbons (Fsp3) is 0.526. The summed E-state index contributed by atoms with van der Waals surface area (Å²) in [6.07, 6.45) is 5.30. The van der Waals surface area contributed by atoms with Gasteiger partial charge in [-0.25, -0.2) is 0 Å². The molecule has 1 aliphatic heterocycles. The van der Waals surface area contributed by atoms with Gasteiger partial charge in [0.15, 0.2) is 0 Å². The normalized spacial score (nSPS) is 18.3. The number of H-pyrrole nitrogens is 1. The average molecular weight is 389 g/mol. The van der Waals surface area contributed by atoms with E-state index in [0.29, 0.717) is 11.1 Å². The molecule has 0 saturated carbocycles. The van der Waals surface area contributed by atoms with Crippen molar-refractivity contribution in [2.45, 2.75) is 45.6 Å². The Hall–Kier alpha value is -2.12. The van der Waals surface area contributed by atoms with Gasteiger partial charge in [-0.15, -0.1) is 0 Å². The molecule has 8 heteroatoms. The summed E-state index contributed by atoms with van der Waals surface area (Å²) in [6.45, 7) is 6.84. The number of hydrogen-bond acceptors (Lipinski definition) is 5. The SMILES string of the molecule is CCc1cn[nH]c1[C@@H]1CCCN(Cc2c(-c3cc(C)on3)nn(C)c2Cl)C1. The van der Waals surface area contributed by atoms with Crippen LogP contribution in [0.4, 0.5) is 0 Å². The Kier molecular flexibility index (Phi) is 5.06. The molecular weight excluding hydrogens is 364 g/mol. The summed E-state index contributed by atoms with van der Waals surface area (Å²) in [6, 6.07) is 1.90. The number of aromatic nitrogens is 5. The summed E-state index contributed by atoms with van der Waals surface area (Å²) in [5.74, 6) is 1.24. The Morgan fingerprint density at radius 3 is 3.00 bits per heavy atom. The van der Waals surface area contributed by atoms with Crippen LogP contribution in [0.25, 0.3) is 11.4 Å². The van der Waals surface area contributed by atoms with Gasteiger partial charge in [0, 0.05) is 43.4 Å². The maximum atomic E-state index is 6.57. The topological polar surface area (TPSA) is 75.8 Å². The van der Waals surface area contributed by atoms with E-state index in [4.69, 9.17) is 16.1 Å². The van der Waals surface area contributed by atoms with Gasteiger partial charge in [0.05, 0.1) is 6.20 Å². The monoisotopic (exact) mass is 388 g/mol. The van der Waals surface area contributed by atoms with Crippen LogP contribution >= 0.6 is 11.6 Å². The lowest BCUT2D eigenvalue weighted by atomic mass is 9.91. The number of nitrogens with zero attached hydrogens (tertiary/aromatic N) is 5. The van der Waals surface area contributed by atoms with E-state index in [2.05, 4.69) is 32.3 Å². The van der Waals surface area contributed by atoms with Crippen LogP contribution in [0.15, 0.2) is 16.8 Å². The summed E-state index contributed by atoms with van der Waals surface area (Å²) >= 11 is 6.57. The van der Waals surface area contributed by atoms with Crippen LogP contribution in [0.3, 0.4) is 0 Å². The predicted molar refractivity (Wildman–Crippen MR) is 104 cm³/mol. The second kappa shape index (κ2) is 7.48. The highest BCUT2D eigenvalue weighted by Gasteiger charge is 2.27. The highest BCUT2D eigenvalue weighted by atomic mass is 35.5. The van der Waals surface area contributed by atoms with E-state index in [9.17, 15) is 0 Å². The maximum Gasteiger partial charge on any atom is 0.134 e. The summed E-state index contributed by atoms with van der Waals surface area (Å²) in [7, 11) is 1.86. The zero-order valence-electron chi connectivity index (χ0n) is 16.0. The zero-order valence-corrected chi connectivity index (χ0v) is 16.8. The third kappa shape index (κ3) is 3.53. The molecular formula is C19H25ClN6O. The predicted octanol–water partition coefficient (Wildman–Crippen LogP) is 3.70. The quantitative estimate of drug-likeness (QED) is 0.721. The molecule has 3 aromatic heterocycles. The Balaban J connectivity index is 1.57. The molecule has 3 aromatic rings. The molecule has 1 atom stereocenters. The second-order valence-electron chi connectivity index (χ2n) is 7.30. The number of aromatic amines is 1. The summed E-state index contributed by atoms with van der Waals surface area (Å²) in [4.78, 5) is 2.45. The van der Waals surface area contributed by atoms with Crippen molar-refractivity contribution < 1.29 is 4.52 Å². The van der Waals surface area contributed by atoms with Crippen LogP contribution in [0.2, 0.25) is 5.15 Å². The van der Waals surface area contributed by atoms with Gasteiger partial charge in [-0.05, 0) is 38.3 Å². The van der Waals surface area contributed by atoms with E-state index >= 15 is 0 Å². The van der Waals surface area contributed by atoms with E-state index in [1.807, 2.05) is 26.2 Å². The number of nitrogens with one attached hydrogen (secondary N) is 1. The highest BCUT2D eigenvalue weighted by molar-refractivity contribution is 6.30. The molecule has 1 N–H and O–H groups in total. The molecule has 0 radical (unpaired) electrons. The van der Waals surface area contributed by atoms with Gasteiger partial charge in [0.2, 0.25) is 0 Å². The van der Waals surface area contributed by atoms with Gasteiger partial charge in [-0.1, -0.05) is 23.7 Å². The van der Waals surface area contributed by atoms with Crippen LogP contribution in [0, 0.1) is 6.92 Å². The Bertz CT molecular complexity index is 927. The van der Waals surface area contributed by atoms with E-state index < -0.39 is 0 Å². The molecule has 7 nitrogen and oxygen atoms in total. The lowest BCUT2D eigenvalue weighted by molar-refractivity contribution is 0.198. The number of halogens is 1. The summed E-state index contributed by atoms with van der Waals surface area (Å²) in [5, 5.41) is 16.8. The summed E-state index contributed by atoms with van der Waals surface area (Å²) < 4.78 is 6.95. The van der Waals surface area contributed by atoms with E-state index in [1.165, 1.54) is 17.7 Å². The first-order chi connectivity index (χ1) is 13.1. The molecule has 0 spiro atoms. The Labute approximate surface area is 163 Å². The average Bonchev–Trinajstić information content (AvgIpc) is 3.37. The van der Waals surface area contributed by atoms with Gasteiger partial charge < -0.3 is 4.52 Å². The number of aryl methyl sites for hydroxylation is 3. The van der Waals surface area contributed by atoms with E-state index in [-0.39, 0.29) is 0 Å². The lowest BCUT2D eigenvalue weighted by Crippen LogP contribution is -2.34. The van der Waals surface area contributed by atoms with Crippen LogP contribution in [0.5, 0.6) is 0 Å². The van der Waals surface area contributed by atoms with Crippen molar-refractivity contribution in [1.29, 1.82) is 0 Å². The van der Waals surface area contributed by atoms with Crippen molar-refractivity contribution in [3.8, 4) is 11.4 Å². The van der Waals surface area contributed by atoms with Crippen LogP contribution in [-0.2, 0) is 20.0 Å². The minimum Gasteiger partial charge on any atom is -0.361 e. The highest BCUT2D eigenvalue weighted by Crippen LogP contribution is 2.33. The van der Waals surface area contributed by atoms with Crippen molar-refractivity contribution in [2.24, 2.45) is 7.05 Å². The fourth-order valence-electron chi connectivity index (χ4n) is 3.99. The Morgan fingerprint density at radius 2 is 2.26 bits per heavy atom. The van der Waals surface area contributed by atoms with Crippen LogP contribution in [0.1, 0.15) is 48.3 Å². The number of piperidine rings is 1. The maximum absolute atomic E-state index is 6.57. The van der Waals surface area contributed by atoms with Crippen molar-refractivity contribution in [1.82, 2.24) is 30.0 Å². The minimum atomic E-state index is 0.476. The first kappa shape index (κ1) is 18.3. The van der Waals surface area contributed by atoms with Crippen LogP contribution < -0.4 is 0 Å². The molecule has 0 bridgehead atoms. The van der Waals surface area contributed by atoms with Crippen molar-refractivity contribution >= 4 is 11.6 Å². The van der Waals surface area contributed by atoms with Gasteiger partial charge in [0.25, 0.3) is 0 Å². The standard InChI is InChI=1S/C19H25ClN6O/c1-4-13-9-21-22-17(13)14-6-5-7-26(10-14)11-15-18(23-25(3)19(15)20)16-8-12(2)27-24-16/h8-9,14H,4-7,10-11H2,1-3H3,(H,21,22)/t14-/m1/s1. The summed E-state index contributed by atoms with van der Waals surface area (Å²) in [5.41, 5.74) is 5.15. The molecule has 0 amide bonds. The molecule has 144 valence electrons. The third-order valence-electron chi connectivity index (χ3n) is 5.37. The minimum absolute atomic E-state index is 0.476. The van der Waals surface area contributed by atoms with Gasteiger partial charge >= 0.3 is 0 Å². The van der Waals surface area contributed by atoms with Crippen molar-refractivity contribution in [2.75, 3.05) is 13.1 Å². The number of hydrogen-bond donors (Lipinski definition) is 1. The fourth-order valence-corrected chi connectivity index (χ4v) is 4.17. The van der Waals surface area contributed by atoms with Crippen molar-refractivity contribution in [3.05, 3.63) is 40.0 Å². The van der Waals surface area contributed by atoms with Gasteiger partial charge in [-0.3, -0.25) is 14.7 Å². The number of likely N-dealkylation sites (tertiary alicyclic amines) is 1. The molecule has 1 fully saturated rings. The molecule has 4 heterocycles. The zero-order chi connectivity index (χ0) is 19.0. The molecule has 1 saturated heterocycles. The first-order valence-corrected chi connectivity index (χ1v) is 9.84. The molecule has 1 aliphatic rings. The van der Waals surface area contributed by atoms with E-state index in [1.54, 1.807) is 4.68 Å². The van der Waals surface area contributed by atoms with E-state index in [0.717, 1.165) is 55.2 Å². The lowest BCUT2D eigenvalue weighted by Gasteiger charge is -2.32. The van der Waals surface area contributed by atoms with Crippen LogP contribution in [-0.4, -0.2) is 43.1 Å². The molecule has 0 unspecified atom stereocenters. The largest absolute Gasteiger partial charge is 0.361 e. The van der Waals surface area contributed by atoms with Crippen molar-refractivity contribution in [3.63, 3.8) is 0 Å². The van der Waals surface area contributed by atoms with Gasteiger partial charge in [0.1, 0.15) is 22.3 Å². The molecule has 0 aliphatic carbocycles. The molecule has 4 rings (SSSR count). The third-order valence-corrected chi connectivity index (χ3v) is 5.84. The second-order valence-corrected chi connectivity index (χ2v) is 7.66. The smallest absolute Gasteiger partial charge is 0.134 e. The first-order valence-electron chi connectivity index (χ1n) is 9.46. The molecule has 0 aromatic carbocycles. The molecule has 27 heavy (non-hydrogen) atoms. The number of rotatable bonds is 5. The Morgan fingerprint density at radius 1 is 1.41 bits per heavy atom. The van der Waals surface area contributed by atoms with Gasteiger partial charge in [-0.2, -0.15) is 10.2 Å².